The maximum Gasteiger partial charge on any atom is 0.293 e. The van der Waals surface area contributed by atoms with Crippen molar-refractivity contribution < 1.29 is 18.3 Å². The predicted molar refractivity (Wildman–Crippen MR) is 97.1 cm³/mol. The highest BCUT2D eigenvalue weighted by Crippen LogP contribution is 2.33. The Kier molecular flexibility index (Phi) is 5.48. The van der Waals surface area contributed by atoms with Crippen molar-refractivity contribution in [3.63, 3.8) is 0 Å². The average Bonchev–Trinajstić information content (AvgIpc) is 2.64. The molecule has 3 aromatic rings. The molecule has 0 aliphatic heterocycles. The van der Waals surface area contributed by atoms with E-state index in [1.165, 1.54) is 18.9 Å². The number of aryl methyl sites for hydroxylation is 1. The number of aromatic nitrogens is 4. The smallest absolute Gasteiger partial charge is 0.293 e. The molecule has 10 heteroatoms. The minimum atomic E-state index is -0.950. The standard InChI is InChI=1S/C18H17F2N5O3/c1-10-4-13(27-2)14(28-3)7-12(10)22-18-24-17(26)8-21-25(18)9-11-5-15(19)23-16(20)6-11/h4-8H,9H2,1-3H3,(H,22,24,26). The predicted octanol–water partition coefficient (Wildman–Crippen LogP) is 2.43. The van der Waals surface area contributed by atoms with Crippen LogP contribution in [0.3, 0.4) is 0 Å². The second-order valence-corrected chi connectivity index (χ2v) is 5.84. The fourth-order valence-corrected chi connectivity index (χ4v) is 2.59. The van der Waals surface area contributed by atoms with Crippen molar-refractivity contribution in [3.8, 4) is 11.5 Å². The zero-order valence-electron chi connectivity index (χ0n) is 15.4. The maximum absolute atomic E-state index is 13.4. The van der Waals surface area contributed by atoms with Crippen LogP contribution in [0, 0.1) is 18.8 Å². The minimum absolute atomic E-state index is 0.0295. The molecule has 2 heterocycles. The van der Waals surface area contributed by atoms with Crippen LogP contribution in [-0.4, -0.2) is 34.0 Å². The summed E-state index contributed by atoms with van der Waals surface area (Å²) < 4.78 is 38.6. The van der Waals surface area contributed by atoms with Crippen LogP contribution in [0.2, 0.25) is 0 Å². The number of nitrogens with zero attached hydrogens (tertiary/aromatic N) is 4. The van der Waals surface area contributed by atoms with Crippen LogP contribution in [0.4, 0.5) is 20.4 Å². The number of methoxy groups -OCH3 is 2. The van der Waals surface area contributed by atoms with Gasteiger partial charge in [0.1, 0.15) is 6.20 Å². The first-order valence-corrected chi connectivity index (χ1v) is 8.15. The van der Waals surface area contributed by atoms with Gasteiger partial charge < -0.3 is 14.8 Å². The molecule has 0 bridgehead atoms. The fourth-order valence-electron chi connectivity index (χ4n) is 2.59. The summed E-state index contributed by atoms with van der Waals surface area (Å²) in [5.41, 5.74) is 1.10. The molecule has 0 fully saturated rings. The molecule has 0 spiro atoms. The highest BCUT2D eigenvalue weighted by atomic mass is 19.1. The molecular weight excluding hydrogens is 372 g/mol. The molecule has 0 atom stereocenters. The number of benzene rings is 1. The molecule has 1 N–H and O–H groups in total. The number of anilines is 2. The highest BCUT2D eigenvalue weighted by Gasteiger charge is 2.13. The van der Waals surface area contributed by atoms with E-state index in [0.29, 0.717) is 17.2 Å². The van der Waals surface area contributed by atoms with Crippen LogP contribution in [0.15, 0.2) is 35.3 Å². The van der Waals surface area contributed by atoms with Crippen LogP contribution >= 0.6 is 0 Å². The van der Waals surface area contributed by atoms with E-state index < -0.39 is 17.5 Å². The second-order valence-electron chi connectivity index (χ2n) is 5.84. The molecule has 0 unspecified atom stereocenters. The number of pyridine rings is 1. The zero-order valence-corrected chi connectivity index (χ0v) is 15.4. The van der Waals surface area contributed by atoms with Gasteiger partial charge in [-0.1, -0.05) is 0 Å². The van der Waals surface area contributed by atoms with Gasteiger partial charge in [-0.2, -0.15) is 23.8 Å². The lowest BCUT2D eigenvalue weighted by Gasteiger charge is -2.16. The van der Waals surface area contributed by atoms with Gasteiger partial charge in [0.25, 0.3) is 5.56 Å². The van der Waals surface area contributed by atoms with Gasteiger partial charge in [0.15, 0.2) is 11.5 Å². The molecule has 8 nitrogen and oxygen atoms in total. The monoisotopic (exact) mass is 389 g/mol. The van der Waals surface area contributed by atoms with Gasteiger partial charge in [0.05, 0.1) is 20.8 Å². The Morgan fingerprint density at radius 3 is 2.32 bits per heavy atom. The normalized spacial score (nSPS) is 10.6. The van der Waals surface area contributed by atoms with E-state index in [-0.39, 0.29) is 18.1 Å². The quantitative estimate of drug-likeness (QED) is 0.648. The summed E-state index contributed by atoms with van der Waals surface area (Å²) in [5.74, 6) is -0.777. The number of ether oxygens (including phenoxy) is 2. The molecule has 3 rings (SSSR count). The summed E-state index contributed by atoms with van der Waals surface area (Å²) in [4.78, 5) is 18.7. The van der Waals surface area contributed by atoms with Gasteiger partial charge >= 0.3 is 0 Å². The minimum Gasteiger partial charge on any atom is -0.493 e. The molecule has 1 aromatic carbocycles. The highest BCUT2D eigenvalue weighted by molar-refractivity contribution is 5.64. The van der Waals surface area contributed by atoms with E-state index in [0.717, 1.165) is 23.9 Å². The summed E-state index contributed by atoms with van der Waals surface area (Å²) in [6.07, 6.45) is 1.01. The number of hydrogen-bond donors (Lipinski definition) is 1. The van der Waals surface area contributed by atoms with Gasteiger partial charge in [0, 0.05) is 11.8 Å². The van der Waals surface area contributed by atoms with Crippen molar-refractivity contribution in [3.05, 3.63) is 63.8 Å². The third-order valence-corrected chi connectivity index (χ3v) is 3.90. The first-order chi connectivity index (χ1) is 13.4. The second kappa shape index (κ2) is 7.99. The lowest BCUT2D eigenvalue weighted by Crippen LogP contribution is -2.19. The lowest BCUT2D eigenvalue weighted by atomic mass is 10.1. The zero-order chi connectivity index (χ0) is 20.3. The first kappa shape index (κ1) is 19.2. The van der Waals surface area contributed by atoms with Gasteiger partial charge in [-0.15, -0.1) is 0 Å². The SMILES string of the molecule is COc1cc(C)c(Nc2nc(=O)cnn2Cc2cc(F)nc(F)c2)cc1OC. The van der Waals surface area contributed by atoms with Crippen LogP contribution in [0.1, 0.15) is 11.1 Å². The topological polar surface area (TPSA) is 91.2 Å². The maximum atomic E-state index is 13.4. The molecule has 0 radical (unpaired) electrons. The molecule has 0 saturated carbocycles. The van der Waals surface area contributed by atoms with Crippen molar-refractivity contribution in [2.75, 3.05) is 19.5 Å². The molecule has 2 aromatic heterocycles. The Morgan fingerprint density at radius 2 is 1.68 bits per heavy atom. The molecule has 0 aliphatic carbocycles. The van der Waals surface area contributed by atoms with Gasteiger partial charge in [-0.05, 0) is 36.2 Å². The third kappa shape index (κ3) is 4.22. The van der Waals surface area contributed by atoms with Crippen molar-refractivity contribution in [1.82, 2.24) is 19.7 Å². The van der Waals surface area contributed by atoms with Crippen LogP contribution < -0.4 is 20.3 Å². The summed E-state index contributed by atoms with van der Waals surface area (Å²) >= 11 is 0. The van der Waals surface area contributed by atoms with Crippen LogP contribution in [0.5, 0.6) is 11.5 Å². The number of halogens is 2. The van der Waals surface area contributed by atoms with Crippen molar-refractivity contribution in [2.45, 2.75) is 13.5 Å². The third-order valence-electron chi connectivity index (χ3n) is 3.90. The Bertz CT molecular complexity index is 1050. The van der Waals surface area contributed by atoms with Gasteiger partial charge in [-0.25, -0.2) is 4.68 Å². The van der Waals surface area contributed by atoms with Crippen LogP contribution in [0.25, 0.3) is 0 Å². The Hall–Kier alpha value is -3.56. The molecule has 146 valence electrons. The van der Waals surface area contributed by atoms with E-state index in [1.807, 2.05) is 6.92 Å². The van der Waals surface area contributed by atoms with E-state index in [2.05, 4.69) is 20.4 Å². The molecule has 0 amide bonds. The van der Waals surface area contributed by atoms with E-state index in [4.69, 9.17) is 9.47 Å². The van der Waals surface area contributed by atoms with Crippen molar-refractivity contribution in [2.24, 2.45) is 0 Å². The molecular formula is C18H17F2N5O3. The van der Waals surface area contributed by atoms with E-state index in [9.17, 15) is 13.6 Å². The number of hydrogen-bond acceptors (Lipinski definition) is 7. The van der Waals surface area contributed by atoms with Crippen molar-refractivity contribution in [1.29, 1.82) is 0 Å². The Labute approximate surface area is 158 Å². The number of nitrogens with one attached hydrogen (secondary N) is 1. The fraction of sp³-hybridized carbons (Fsp3) is 0.222. The van der Waals surface area contributed by atoms with Gasteiger partial charge in [0.2, 0.25) is 17.8 Å². The summed E-state index contributed by atoms with van der Waals surface area (Å²) in [5, 5.41) is 7.00. The summed E-state index contributed by atoms with van der Waals surface area (Å²) in [7, 11) is 3.03. The molecule has 0 aliphatic rings. The van der Waals surface area contributed by atoms with E-state index in [1.54, 1.807) is 12.1 Å². The largest absolute Gasteiger partial charge is 0.493 e. The Balaban J connectivity index is 1.99. The Morgan fingerprint density at radius 1 is 1.04 bits per heavy atom. The lowest BCUT2D eigenvalue weighted by molar-refractivity contribution is 0.355. The summed E-state index contributed by atoms with van der Waals surface area (Å²) in [6.45, 7) is 1.80. The van der Waals surface area contributed by atoms with Crippen molar-refractivity contribution >= 4 is 11.6 Å². The molecule has 0 saturated heterocycles. The van der Waals surface area contributed by atoms with Gasteiger partial charge in [-0.3, -0.25) is 4.79 Å². The first-order valence-electron chi connectivity index (χ1n) is 8.15. The molecule has 28 heavy (non-hydrogen) atoms. The number of rotatable bonds is 6. The van der Waals surface area contributed by atoms with E-state index >= 15 is 0 Å². The summed E-state index contributed by atoms with van der Waals surface area (Å²) in [6, 6.07) is 5.60. The van der Waals surface area contributed by atoms with Crippen LogP contribution in [-0.2, 0) is 6.54 Å². The average molecular weight is 389 g/mol.